The summed E-state index contributed by atoms with van der Waals surface area (Å²) in [6, 6.07) is 31.6. The summed E-state index contributed by atoms with van der Waals surface area (Å²) >= 11 is 0. The number of aryl methyl sites for hydroxylation is 1. The standard InChI is InChI=1S/C32H26N2O5/c1-33-25-15-9-8-14-24(25)31(36)30(32(33)37)27(35)19-26(21-16-17-28-29(18-21)39-20-38-28)34(22-10-4-2-5-11-22)23-12-6-3-7-13-23/h2-18,26,36H,19-20H2,1H3. The average molecular weight is 519 g/mol. The van der Waals surface area contributed by atoms with Gasteiger partial charge in [-0.1, -0.05) is 54.6 Å². The molecule has 5 aromatic rings. The van der Waals surface area contributed by atoms with E-state index in [4.69, 9.17) is 9.47 Å². The molecule has 0 aliphatic carbocycles. The topological polar surface area (TPSA) is 81.0 Å². The normalized spacial score (nSPS) is 12.8. The van der Waals surface area contributed by atoms with Gasteiger partial charge in [-0.3, -0.25) is 9.59 Å². The van der Waals surface area contributed by atoms with E-state index in [0.29, 0.717) is 22.4 Å². The number of anilines is 2. The van der Waals surface area contributed by atoms with Crippen molar-refractivity contribution >= 4 is 28.1 Å². The first-order valence-corrected chi connectivity index (χ1v) is 12.7. The molecule has 0 saturated heterocycles. The summed E-state index contributed by atoms with van der Waals surface area (Å²) in [5, 5.41) is 11.6. The number of pyridine rings is 1. The maximum atomic E-state index is 14.0. The van der Waals surface area contributed by atoms with Crippen LogP contribution in [0.15, 0.2) is 108 Å². The predicted octanol–water partition coefficient (Wildman–Crippen LogP) is 6.13. The quantitative estimate of drug-likeness (QED) is 0.261. The lowest BCUT2D eigenvalue weighted by Gasteiger charge is -2.34. The summed E-state index contributed by atoms with van der Waals surface area (Å²) in [7, 11) is 1.61. The van der Waals surface area contributed by atoms with Crippen LogP contribution in [0.5, 0.6) is 17.2 Å². The van der Waals surface area contributed by atoms with E-state index in [1.165, 1.54) is 4.57 Å². The number of carbonyl (C=O) groups excluding carboxylic acids is 1. The number of carbonyl (C=O) groups is 1. The molecular weight excluding hydrogens is 492 g/mol. The number of aromatic hydroxyl groups is 1. The lowest BCUT2D eigenvalue weighted by molar-refractivity contribution is 0.0969. The molecule has 0 saturated carbocycles. The van der Waals surface area contributed by atoms with Crippen molar-refractivity contribution in [2.24, 2.45) is 7.05 Å². The predicted molar refractivity (Wildman–Crippen MR) is 150 cm³/mol. The Labute approximate surface area is 225 Å². The van der Waals surface area contributed by atoms with Crippen LogP contribution in [0.4, 0.5) is 11.4 Å². The Hall–Kier alpha value is -5.04. The van der Waals surface area contributed by atoms with Crippen molar-refractivity contribution < 1.29 is 19.4 Å². The number of fused-ring (bicyclic) bond motifs is 2. The van der Waals surface area contributed by atoms with Crippen molar-refractivity contribution in [3.8, 4) is 17.2 Å². The fraction of sp³-hybridized carbons (Fsp3) is 0.125. The summed E-state index contributed by atoms with van der Waals surface area (Å²) in [6.45, 7) is 0.129. The molecule has 0 fully saturated rings. The third-order valence-electron chi connectivity index (χ3n) is 7.10. The Morgan fingerprint density at radius 1 is 0.872 bits per heavy atom. The summed E-state index contributed by atoms with van der Waals surface area (Å²) in [5.74, 6) is 0.471. The summed E-state index contributed by atoms with van der Waals surface area (Å²) in [4.78, 5) is 29.4. The zero-order chi connectivity index (χ0) is 26.9. The van der Waals surface area contributed by atoms with Gasteiger partial charge in [0, 0.05) is 30.2 Å². The Morgan fingerprint density at radius 2 is 1.49 bits per heavy atom. The van der Waals surface area contributed by atoms with Gasteiger partial charge in [0.1, 0.15) is 11.3 Å². The van der Waals surface area contributed by atoms with Crippen molar-refractivity contribution in [2.75, 3.05) is 11.7 Å². The lowest BCUT2D eigenvalue weighted by atomic mass is 9.94. The number of ether oxygens (including phenoxy) is 2. The first kappa shape index (κ1) is 24.3. The van der Waals surface area contributed by atoms with Gasteiger partial charge in [-0.05, 0) is 54.1 Å². The second-order valence-corrected chi connectivity index (χ2v) is 9.40. The van der Waals surface area contributed by atoms with Crippen LogP contribution in [0.3, 0.4) is 0 Å². The molecule has 1 unspecified atom stereocenters. The molecule has 194 valence electrons. The molecule has 1 N–H and O–H groups in total. The zero-order valence-corrected chi connectivity index (χ0v) is 21.3. The second kappa shape index (κ2) is 10.0. The van der Waals surface area contributed by atoms with E-state index in [1.54, 1.807) is 31.3 Å². The first-order chi connectivity index (χ1) is 19.0. The van der Waals surface area contributed by atoms with E-state index in [0.717, 1.165) is 16.9 Å². The van der Waals surface area contributed by atoms with Gasteiger partial charge in [0.05, 0.1) is 11.6 Å². The summed E-state index contributed by atoms with van der Waals surface area (Å²) in [5.41, 5.74) is 2.34. The molecule has 0 bridgehead atoms. The van der Waals surface area contributed by atoms with Gasteiger partial charge < -0.3 is 24.0 Å². The van der Waals surface area contributed by atoms with E-state index in [-0.39, 0.29) is 24.5 Å². The van der Waals surface area contributed by atoms with E-state index >= 15 is 0 Å². The minimum atomic E-state index is -0.536. The molecule has 1 aliphatic rings. The lowest BCUT2D eigenvalue weighted by Crippen LogP contribution is -2.30. The Kier molecular flexibility index (Phi) is 6.25. The molecular formula is C32H26N2O5. The maximum absolute atomic E-state index is 14.0. The fourth-order valence-electron chi connectivity index (χ4n) is 5.17. The summed E-state index contributed by atoms with van der Waals surface area (Å²) < 4.78 is 12.6. The van der Waals surface area contributed by atoms with Crippen LogP contribution in [-0.2, 0) is 7.05 Å². The van der Waals surface area contributed by atoms with Crippen molar-refractivity contribution in [3.63, 3.8) is 0 Å². The number of para-hydroxylation sites is 3. The Bertz CT molecular complexity index is 1690. The third-order valence-corrected chi connectivity index (χ3v) is 7.10. The van der Waals surface area contributed by atoms with Crippen LogP contribution in [0, 0.1) is 0 Å². The minimum absolute atomic E-state index is 0.0788. The molecule has 0 radical (unpaired) electrons. The van der Waals surface area contributed by atoms with Gasteiger partial charge in [-0.2, -0.15) is 0 Å². The molecule has 2 heterocycles. The minimum Gasteiger partial charge on any atom is -0.506 e. The van der Waals surface area contributed by atoms with E-state index in [2.05, 4.69) is 4.90 Å². The van der Waals surface area contributed by atoms with Crippen LogP contribution >= 0.6 is 0 Å². The van der Waals surface area contributed by atoms with Gasteiger partial charge in [0.25, 0.3) is 5.56 Å². The molecule has 6 rings (SSSR count). The van der Waals surface area contributed by atoms with Gasteiger partial charge in [0.2, 0.25) is 6.79 Å². The number of aromatic nitrogens is 1. The molecule has 4 aromatic carbocycles. The number of ketones is 1. The fourth-order valence-corrected chi connectivity index (χ4v) is 5.17. The number of nitrogens with zero attached hydrogens (tertiary/aromatic N) is 2. The number of hydrogen-bond acceptors (Lipinski definition) is 6. The number of Topliss-reactive ketones (excluding diaryl/α,β-unsaturated/α-hetero) is 1. The average Bonchev–Trinajstić information content (AvgIpc) is 3.45. The molecule has 1 atom stereocenters. The molecule has 1 aliphatic heterocycles. The van der Waals surface area contributed by atoms with E-state index < -0.39 is 17.4 Å². The summed E-state index contributed by atoms with van der Waals surface area (Å²) in [6.07, 6.45) is -0.0788. The highest BCUT2D eigenvalue weighted by molar-refractivity contribution is 6.04. The van der Waals surface area contributed by atoms with Crippen LogP contribution < -0.4 is 19.9 Å². The number of rotatable bonds is 7. The zero-order valence-electron chi connectivity index (χ0n) is 21.3. The number of benzene rings is 4. The van der Waals surface area contributed by atoms with Gasteiger partial charge >= 0.3 is 0 Å². The van der Waals surface area contributed by atoms with Crippen LogP contribution in [0.25, 0.3) is 10.9 Å². The van der Waals surface area contributed by atoms with E-state index in [1.807, 2.05) is 78.9 Å². The smallest absolute Gasteiger partial charge is 0.265 e. The molecule has 39 heavy (non-hydrogen) atoms. The maximum Gasteiger partial charge on any atom is 0.265 e. The van der Waals surface area contributed by atoms with Gasteiger partial charge in [-0.15, -0.1) is 0 Å². The second-order valence-electron chi connectivity index (χ2n) is 9.40. The monoisotopic (exact) mass is 518 g/mol. The van der Waals surface area contributed by atoms with Gasteiger partial charge in [-0.25, -0.2) is 0 Å². The van der Waals surface area contributed by atoms with E-state index in [9.17, 15) is 14.7 Å². The molecule has 1 aromatic heterocycles. The largest absolute Gasteiger partial charge is 0.506 e. The van der Waals surface area contributed by atoms with Crippen molar-refractivity contribution in [1.29, 1.82) is 0 Å². The van der Waals surface area contributed by atoms with Crippen LogP contribution in [-0.4, -0.2) is 22.2 Å². The Morgan fingerprint density at radius 3 is 2.18 bits per heavy atom. The molecule has 0 spiro atoms. The van der Waals surface area contributed by atoms with Crippen molar-refractivity contribution in [2.45, 2.75) is 12.5 Å². The molecule has 0 amide bonds. The molecule has 7 nitrogen and oxygen atoms in total. The highest BCUT2D eigenvalue weighted by Gasteiger charge is 2.30. The SMILES string of the molecule is Cn1c(=O)c(C(=O)CC(c2ccc3c(c2)OCO3)N(c2ccccc2)c2ccccc2)c(O)c2ccccc21. The third kappa shape index (κ3) is 4.38. The number of hydrogen-bond donors (Lipinski definition) is 1. The van der Waals surface area contributed by atoms with Crippen molar-refractivity contribution in [3.05, 3.63) is 125 Å². The van der Waals surface area contributed by atoms with Crippen LogP contribution in [0.1, 0.15) is 28.4 Å². The van der Waals surface area contributed by atoms with Crippen LogP contribution in [0.2, 0.25) is 0 Å². The first-order valence-electron chi connectivity index (χ1n) is 12.7. The van der Waals surface area contributed by atoms with Gasteiger partial charge in [0.15, 0.2) is 17.3 Å². The highest BCUT2D eigenvalue weighted by Crippen LogP contribution is 2.42. The van der Waals surface area contributed by atoms with Crippen molar-refractivity contribution in [1.82, 2.24) is 4.57 Å². The highest BCUT2D eigenvalue weighted by atomic mass is 16.7. The Balaban J connectivity index is 1.51. The molecule has 7 heteroatoms.